The Bertz CT molecular complexity index is 1110. The topological polar surface area (TPSA) is 52.6 Å². The Hall–Kier alpha value is -2.95. The van der Waals surface area contributed by atoms with Gasteiger partial charge in [0.05, 0.1) is 5.39 Å². The molecule has 0 heterocycles. The zero-order valence-electron chi connectivity index (χ0n) is 19.6. The molecule has 0 unspecified atom stereocenters. The molecule has 0 N–H and O–H groups in total. The minimum absolute atomic E-state index is 0.159. The van der Waals surface area contributed by atoms with Crippen LogP contribution < -0.4 is 9.47 Å². The van der Waals surface area contributed by atoms with Crippen LogP contribution in [0.25, 0.3) is 21.5 Å². The second-order valence-corrected chi connectivity index (χ2v) is 8.44. The van der Waals surface area contributed by atoms with Crippen molar-refractivity contribution in [2.24, 2.45) is 0 Å². The average Bonchev–Trinajstić information content (AvgIpc) is 2.81. The number of halogens is 1. The van der Waals surface area contributed by atoms with E-state index < -0.39 is 5.82 Å². The van der Waals surface area contributed by atoms with Gasteiger partial charge in [-0.2, -0.15) is 0 Å². The highest BCUT2D eigenvalue weighted by Crippen LogP contribution is 2.44. The second-order valence-electron chi connectivity index (χ2n) is 8.44. The van der Waals surface area contributed by atoms with E-state index in [4.69, 9.17) is 9.47 Å². The lowest BCUT2D eigenvalue weighted by Gasteiger charge is -2.17. The first kappa shape index (κ1) is 24.7. The van der Waals surface area contributed by atoms with Gasteiger partial charge < -0.3 is 9.47 Å². The Morgan fingerprint density at radius 1 is 0.667 bits per heavy atom. The van der Waals surface area contributed by atoms with Crippen molar-refractivity contribution in [1.82, 2.24) is 0 Å². The van der Waals surface area contributed by atoms with Crippen LogP contribution in [0.1, 0.15) is 78.1 Å². The predicted octanol–water partition coefficient (Wildman–Crippen LogP) is 7.88. The lowest BCUT2D eigenvalue weighted by molar-refractivity contribution is -0.135. The molecule has 0 aliphatic carbocycles. The molecule has 0 saturated heterocycles. The van der Waals surface area contributed by atoms with Crippen LogP contribution in [0.2, 0.25) is 0 Å². The minimum atomic E-state index is -0.521. The first-order chi connectivity index (χ1) is 16.1. The smallest absolute Gasteiger partial charge is 0.311 e. The zero-order chi connectivity index (χ0) is 23.6. The molecular formula is C28H33FO4. The summed E-state index contributed by atoms with van der Waals surface area (Å²) in [6.45, 7) is 4.23. The van der Waals surface area contributed by atoms with Gasteiger partial charge in [0, 0.05) is 29.0 Å². The standard InChI is InChI=1S/C28H33FO4/c1-3-5-7-9-18-24(30)32-27-20-14-11-12-15-21(20)28(26-22(27)16-13-17-23(26)29)33-25(31)19-10-8-6-4-2/h11-17H,3-10,18-19H2,1-2H3. The normalized spacial score (nSPS) is 11.1. The van der Waals surface area contributed by atoms with E-state index in [0.717, 1.165) is 51.4 Å². The molecule has 0 radical (unpaired) electrons. The summed E-state index contributed by atoms with van der Waals surface area (Å²) in [5.74, 6) is -0.762. The number of hydrogen-bond acceptors (Lipinski definition) is 4. The largest absolute Gasteiger partial charge is 0.425 e. The summed E-state index contributed by atoms with van der Waals surface area (Å²) in [7, 11) is 0. The Labute approximate surface area is 195 Å². The van der Waals surface area contributed by atoms with Gasteiger partial charge in [0.15, 0.2) is 0 Å². The molecule has 0 aliphatic heterocycles. The van der Waals surface area contributed by atoms with Gasteiger partial charge in [-0.25, -0.2) is 4.39 Å². The summed E-state index contributed by atoms with van der Waals surface area (Å²) in [6.07, 6.45) is 8.29. The number of ether oxygens (including phenoxy) is 2. The molecular weight excluding hydrogens is 419 g/mol. The van der Waals surface area contributed by atoms with Crippen LogP contribution >= 0.6 is 0 Å². The van der Waals surface area contributed by atoms with E-state index in [1.807, 2.05) is 6.07 Å². The van der Waals surface area contributed by atoms with Crippen molar-refractivity contribution in [2.75, 3.05) is 0 Å². The van der Waals surface area contributed by atoms with Crippen LogP contribution in [0.5, 0.6) is 11.5 Å². The van der Waals surface area contributed by atoms with E-state index in [-0.39, 0.29) is 29.5 Å². The summed E-state index contributed by atoms with van der Waals surface area (Å²) < 4.78 is 26.6. The minimum Gasteiger partial charge on any atom is -0.425 e. The van der Waals surface area contributed by atoms with Crippen LogP contribution in [0, 0.1) is 5.82 Å². The third-order valence-corrected chi connectivity index (χ3v) is 5.80. The summed E-state index contributed by atoms with van der Waals surface area (Å²) in [5, 5.41) is 1.74. The second kappa shape index (κ2) is 12.3. The Balaban J connectivity index is 1.98. The molecule has 5 heteroatoms. The highest BCUT2D eigenvalue weighted by atomic mass is 19.1. The summed E-state index contributed by atoms with van der Waals surface area (Å²) in [5.41, 5.74) is 0. The van der Waals surface area contributed by atoms with Crippen LogP contribution in [0.15, 0.2) is 42.5 Å². The molecule has 0 saturated carbocycles. The Morgan fingerprint density at radius 2 is 1.18 bits per heavy atom. The summed E-state index contributed by atoms with van der Waals surface area (Å²) in [4.78, 5) is 25.2. The molecule has 0 fully saturated rings. The van der Waals surface area contributed by atoms with E-state index in [0.29, 0.717) is 28.3 Å². The molecule has 0 amide bonds. The number of unbranched alkanes of at least 4 members (excludes halogenated alkanes) is 6. The van der Waals surface area contributed by atoms with Crippen molar-refractivity contribution in [3.63, 3.8) is 0 Å². The van der Waals surface area contributed by atoms with Gasteiger partial charge in [-0.05, 0) is 18.9 Å². The van der Waals surface area contributed by atoms with Crippen LogP contribution in [-0.2, 0) is 9.59 Å². The monoisotopic (exact) mass is 452 g/mol. The van der Waals surface area contributed by atoms with Crippen molar-refractivity contribution in [2.45, 2.75) is 78.1 Å². The fourth-order valence-corrected chi connectivity index (χ4v) is 4.04. The van der Waals surface area contributed by atoms with Gasteiger partial charge in [-0.3, -0.25) is 9.59 Å². The van der Waals surface area contributed by atoms with Crippen molar-refractivity contribution < 1.29 is 23.5 Å². The van der Waals surface area contributed by atoms with Crippen molar-refractivity contribution in [3.8, 4) is 11.5 Å². The first-order valence-corrected chi connectivity index (χ1v) is 12.1. The van der Waals surface area contributed by atoms with E-state index in [1.165, 1.54) is 6.07 Å². The molecule has 0 aliphatic rings. The van der Waals surface area contributed by atoms with Crippen molar-refractivity contribution >= 4 is 33.5 Å². The lowest BCUT2D eigenvalue weighted by Crippen LogP contribution is -2.11. The number of benzene rings is 3. The number of carbonyl (C=O) groups is 2. The van der Waals surface area contributed by atoms with Gasteiger partial charge in [0.2, 0.25) is 0 Å². The third kappa shape index (κ3) is 6.31. The van der Waals surface area contributed by atoms with Crippen LogP contribution in [-0.4, -0.2) is 11.9 Å². The molecule has 0 atom stereocenters. The quantitative estimate of drug-likeness (QED) is 0.121. The van der Waals surface area contributed by atoms with Gasteiger partial charge >= 0.3 is 11.9 Å². The Kier molecular flexibility index (Phi) is 9.23. The maximum Gasteiger partial charge on any atom is 0.311 e. The molecule has 3 rings (SSSR count). The van der Waals surface area contributed by atoms with Gasteiger partial charge in [-0.1, -0.05) is 88.8 Å². The Morgan fingerprint density at radius 3 is 1.76 bits per heavy atom. The maximum absolute atomic E-state index is 15.1. The van der Waals surface area contributed by atoms with Gasteiger partial charge in [-0.15, -0.1) is 0 Å². The lowest BCUT2D eigenvalue weighted by atomic mass is 10.00. The van der Waals surface area contributed by atoms with Crippen molar-refractivity contribution in [1.29, 1.82) is 0 Å². The number of rotatable bonds is 12. The molecule has 0 spiro atoms. The highest BCUT2D eigenvalue weighted by Gasteiger charge is 2.22. The molecule has 4 nitrogen and oxygen atoms in total. The molecule has 33 heavy (non-hydrogen) atoms. The highest BCUT2D eigenvalue weighted by molar-refractivity contribution is 6.12. The third-order valence-electron chi connectivity index (χ3n) is 5.80. The summed E-state index contributed by atoms with van der Waals surface area (Å²) >= 11 is 0. The van der Waals surface area contributed by atoms with E-state index >= 15 is 4.39 Å². The van der Waals surface area contributed by atoms with Gasteiger partial charge in [0.25, 0.3) is 0 Å². The molecule has 3 aromatic carbocycles. The number of carbonyl (C=O) groups excluding carboxylic acids is 2. The fourth-order valence-electron chi connectivity index (χ4n) is 4.04. The summed E-state index contributed by atoms with van der Waals surface area (Å²) in [6, 6.07) is 11.8. The molecule has 0 bridgehead atoms. The van der Waals surface area contributed by atoms with Crippen LogP contribution in [0.4, 0.5) is 4.39 Å². The fraction of sp³-hybridized carbons (Fsp3) is 0.429. The van der Waals surface area contributed by atoms with Crippen LogP contribution in [0.3, 0.4) is 0 Å². The number of fused-ring (bicyclic) bond motifs is 2. The average molecular weight is 453 g/mol. The van der Waals surface area contributed by atoms with Crippen molar-refractivity contribution in [3.05, 3.63) is 48.3 Å². The van der Waals surface area contributed by atoms with E-state index in [2.05, 4.69) is 13.8 Å². The predicted molar refractivity (Wildman–Crippen MR) is 130 cm³/mol. The van der Waals surface area contributed by atoms with E-state index in [9.17, 15) is 9.59 Å². The molecule has 0 aromatic heterocycles. The van der Waals surface area contributed by atoms with Gasteiger partial charge in [0.1, 0.15) is 17.3 Å². The molecule has 3 aromatic rings. The maximum atomic E-state index is 15.1. The number of hydrogen-bond donors (Lipinski definition) is 0. The zero-order valence-corrected chi connectivity index (χ0v) is 19.6. The number of esters is 2. The SMILES string of the molecule is CCCCCCC(=O)Oc1c2ccccc2c(OC(=O)CCCCCC)c2c(F)cccc12. The first-order valence-electron chi connectivity index (χ1n) is 12.1. The van der Waals surface area contributed by atoms with E-state index in [1.54, 1.807) is 30.3 Å². The molecule has 176 valence electrons.